The van der Waals surface area contributed by atoms with Crippen molar-refractivity contribution in [2.45, 2.75) is 12.5 Å². The molecule has 0 aliphatic rings. The van der Waals surface area contributed by atoms with Crippen molar-refractivity contribution >= 4 is 15.7 Å². The first kappa shape index (κ1) is 13.3. The summed E-state index contributed by atoms with van der Waals surface area (Å²) in [6.45, 7) is -0.0318. The Kier molecular flexibility index (Phi) is 5.66. The first-order chi connectivity index (χ1) is 6.37. The molecule has 0 rings (SSSR count). The lowest BCUT2D eigenvalue weighted by Gasteiger charge is -2.10. The first-order valence-electron chi connectivity index (χ1n) is 4.18. The molecule has 4 N–H and O–H groups in total. The van der Waals surface area contributed by atoms with E-state index in [1.54, 1.807) is 0 Å². The molecule has 0 aliphatic carbocycles. The van der Waals surface area contributed by atoms with Crippen LogP contribution in [-0.2, 0) is 14.6 Å². The average molecular weight is 224 g/mol. The lowest BCUT2D eigenvalue weighted by molar-refractivity contribution is -0.122. The van der Waals surface area contributed by atoms with Crippen LogP contribution in [0.3, 0.4) is 0 Å². The van der Waals surface area contributed by atoms with Crippen LogP contribution in [0.5, 0.6) is 0 Å². The van der Waals surface area contributed by atoms with Gasteiger partial charge < -0.3 is 16.2 Å². The number of hydrogen-bond donors (Lipinski definition) is 3. The van der Waals surface area contributed by atoms with Gasteiger partial charge in [-0.05, 0) is 6.42 Å². The lowest BCUT2D eigenvalue weighted by Crippen LogP contribution is -2.42. The molecule has 0 aromatic rings. The molecule has 14 heavy (non-hydrogen) atoms. The van der Waals surface area contributed by atoms with Gasteiger partial charge in [0.15, 0.2) is 0 Å². The molecule has 84 valence electrons. The highest BCUT2D eigenvalue weighted by Gasteiger charge is 2.14. The van der Waals surface area contributed by atoms with Crippen LogP contribution in [0.4, 0.5) is 0 Å². The Morgan fingerprint density at radius 2 is 2.14 bits per heavy atom. The van der Waals surface area contributed by atoms with Crippen molar-refractivity contribution in [1.82, 2.24) is 5.32 Å². The smallest absolute Gasteiger partial charge is 0.237 e. The summed E-state index contributed by atoms with van der Waals surface area (Å²) in [4.78, 5) is 11.1. The molecule has 1 amide bonds. The number of carbonyl (C=O) groups excluding carboxylic acids is 1. The number of nitrogens with two attached hydrogens (primary N) is 1. The molecule has 0 radical (unpaired) electrons. The maximum Gasteiger partial charge on any atom is 0.237 e. The minimum absolute atomic E-state index is 0.0933. The van der Waals surface area contributed by atoms with Gasteiger partial charge in [-0.15, -0.1) is 0 Å². The summed E-state index contributed by atoms with van der Waals surface area (Å²) < 4.78 is 21.5. The van der Waals surface area contributed by atoms with Crippen molar-refractivity contribution in [3.05, 3.63) is 0 Å². The number of hydrogen-bond acceptors (Lipinski definition) is 5. The molecule has 0 aliphatic heterocycles. The summed E-state index contributed by atoms with van der Waals surface area (Å²) in [7, 11) is -3.08. The number of rotatable bonds is 6. The second-order valence-corrected chi connectivity index (χ2v) is 5.30. The number of sulfone groups is 1. The topological polar surface area (TPSA) is 109 Å². The van der Waals surface area contributed by atoms with Crippen LogP contribution < -0.4 is 11.1 Å². The van der Waals surface area contributed by atoms with Gasteiger partial charge >= 0.3 is 0 Å². The van der Waals surface area contributed by atoms with E-state index in [4.69, 9.17) is 10.8 Å². The number of aliphatic hydroxyl groups excluding tert-OH is 1. The van der Waals surface area contributed by atoms with Crippen LogP contribution >= 0.6 is 0 Å². The maximum absolute atomic E-state index is 11.1. The Balaban J connectivity index is 3.84. The molecule has 0 aromatic heterocycles. The molecule has 0 bridgehead atoms. The normalized spacial score (nSPS) is 13.6. The monoisotopic (exact) mass is 224 g/mol. The lowest BCUT2D eigenvalue weighted by atomic mass is 10.2. The Bertz CT molecular complexity index is 275. The third-order valence-corrected chi connectivity index (χ3v) is 2.52. The van der Waals surface area contributed by atoms with Gasteiger partial charge in [-0.25, -0.2) is 8.42 Å². The third kappa shape index (κ3) is 6.81. The predicted octanol–water partition coefficient (Wildman–Crippen LogP) is -2.14. The fourth-order valence-corrected chi connectivity index (χ4v) is 1.46. The summed E-state index contributed by atoms with van der Waals surface area (Å²) >= 11 is 0. The highest BCUT2D eigenvalue weighted by atomic mass is 32.2. The van der Waals surface area contributed by atoms with Crippen LogP contribution in [0.15, 0.2) is 0 Å². The van der Waals surface area contributed by atoms with E-state index >= 15 is 0 Å². The van der Waals surface area contributed by atoms with E-state index in [0.717, 1.165) is 6.26 Å². The Morgan fingerprint density at radius 3 is 2.57 bits per heavy atom. The maximum atomic E-state index is 11.1. The van der Waals surface area contributed by atoms with Crippen molar-refractivity contribution in [2.75, 3.05) is 25.2 Å². The Morgan fingerprint density at radius 1 is 1.57 bits per heavy atom. The van der Waals surface area contributed by atoms with E-state index in [1.165, 1.54) is 0 Å². The number of amides is 1. The molecule has 1 atom stereocenters. The second-order valence-electron chi connectivity index (χ2n) is 3.04. The first-order valence-corrected chi connectivity index (χ1v) is 6.24. The summed E-state index contributed by atoms with van der Waals surface area (Å²) in [6.07, 6.45) is 1.18. The fourth-order valence-electron chi connectivity index (χ4n) is 0.782. The summed E-state index contributed by atoms with van der Waals surface area (Å²) in [5, 5.41) is 10.8. The predicted molar refractivity (Wildman–Crippen MR) is 52.4 cm³/mol. The van der Waals surface area contributed by atoms with E-state index in [-0.39, 0.29) is 25.3 Å². The Labute approximate surface area is 83.4 Å². The summed E-state index contributed by atoms with van der Waals surface area (Å²) in [5.74, 6) is -0.552. The summed E-state index contributed by atoms with van der Waals surface area (Å²) in [6, 6.07) is -0.837. The molecule has 0 saturated heterocycles. The van der Waals surface area contributed by atoms with Gasteiger partial charge in [0.05, 0.1) is 18.4 Å². The summed E-state index contributed by atoms with van der Waals surface area (Å²) in [5.41, 5.74) is 5.41. The Hall–Kier alpha value is -0.660. The molecule has 0 spiro atoms. The molecular weight excluding hydrogens is 208 g/mol. The van der Waals surface area contributed by atoms with E-state index < -0.39 is 21.8 Å². The zero-order chi connectivity index (χ0) is 11.2. The van der Waals surface area contributed by atoms with Crippen LogP contribution in [0, 0.1) is 0 Å². The van der Waals surface area contributed by atoms with Crippen LogP contribution in [0.2, 0.25) is 0 Å². The molecule has 0 heterocycles. The van der Waals surface area contributed by atoms with E-state index in [9.17, 15) is 13.2 Å². The highest BCUT2D eigenvalue weighted by molar-refractivity contribution is 7.90. The molecule has 0 fully saturated rings. The van der Waals surface area contributed by atoms with Crippen LogP contribution in [0.1, 0.15) is 6.42 Å². The van der Waals surface area contributed by atoms with Gasteiger partial charge in [0.2, 0.25) is 5.91 Å². The minimum atomic E-state index is -3.08. The van der Waals surface area contributed by atoms with Crippen LogP contribution in [-0.4, -0.2) is 50.6 Å². The minimum Gasteiger partial charge on any atom is -0.395 e. The van der Waals surface area contributed by atoms with Crippen molar-refractivity contribution in [3.63, 3.8) is 0 Å². The largest absolute Gasteiger partial charge is 0.395 e. The molecule has 0 saturated carbocycles. The van der Waals surface area contributed by atoms with E-state index in [0.29, 0.717) is 0 Å². The van der Waals surface area contributed by atoms with E-state index in [1.807, 2.05) is 0 Å². The van der Waals surface area contributed by atoms with Crippen molar-refractivity contribution in [1.29, 1.82) is 0 Å². The third-order valence-electron chi connectivity index (χ3n) is 1.55. The van der Waals surface area contributed by atoms with E-state index in [2.05, 4.69) is 5.32 Å². The van der Waals surface area contributed by atoms with Crippen molar-refractivity contribution in [3.8, 4) is 0 Å². The zero-order valence-electron chi connectivity index (χ0n) is 8.06. The highest BCUT2D eigenvalue weighted by Crippen LogP contribution is 1.93. The van der Waals surface area contributed by atoms with Crippen molar-refractivity contribution in [2.24, 2.45) is 5.73 Å². The molecule has 0 aromatic carbocycles. The van der Waals surface area contributed by atoms with Crippen molar-refractivity contribution < 1.29 is 18.3 Å². The van der Waals surface area contributed by atoms with Gasteiger partial charge in [0.25, 0.3) is 0 Å². The van der Waals surface area contributed by atoms with Gasteiger partial charge in [-0.1, -0.05) is 0 Å². The SMILES string of the molecule is CS(=O)(=O)CCC(N)C(=O)NCCO. The van der Waals surface area contributed by atoms with Gasteiger partial charge in [-0.2, -0.15) is 0 Å². The van der Waals surface area contributed by atoms with Gasteiger partial charge in [-0.3, -0.25) is 4.79 Å². The molecule has 7 heteroatoms. The molecule has 6 nitrogen and oxygen atoms in total. The van der Waals surface area contributed by atoms with Gasteiger partial charge in [0, 0.05) is 12.8 Å². The fraction of sp³-hybridized carbons (Fsp3) is 0.857. The number of aliphatic hydroxyl groups is 1. The average Bonchev–Trinajstić information content (AvgIpc) is 2.09. The quantitative estimate of drug-likeness (QED) is 0.477. The van der Waals surface area contributed by atoms with Crippen LogP contribution in [0.25, 0.3) is 0 Å². The number of nitrogens with one attached hydrogen (secondary N) is 1. The van der Waals surface area contributed by atoms with Gasteiger partial charge in [0.1, 0.15) is 9.84 Å². The second kappa shape index (κ2) is 5.94. The standard InChI is InChI=1S/C7H16N2O4S/c1-14(12,13)5-2-6(8)7(11)9-3-4-10/h6,10H,2-5,8H2,1H3,(H,9,11). The number of carbonyl (C=O) groups is 1. The molecule has 1 unspecified atom stereocenters. The molecular formula is C7H16N2O4S. The zero-order valence-corrected chi connectivity index (χ0v) is 8.88.